The smallest absolute Gasteiger partial charge is 0.320 e. The molecule has 23 heavy (non-hydrogen) atoms. The first-order valence-corrected chi connectivity index (χ1v) is 7.97. The Labute approximate surface area is 136 Å². The van der Waals surface area contributed by atoms with Crippen LogP contribution in [0.4, 0.5) is 4.79 Å². The summed E-state index contributed by atoms with van der Waals surface area (Å²) in [6.45, 7) is 5.50. The normalized spacial score (nSPS) is 21.7. The van der Waals surface area contributed by atoms with E-state index in [4.69, 9.17) is 9.47 Å². The molecule has 0 radical (unpaired) electrons. The minimum atomic E-state index is 0.151. The fourth-order valence-electron chi connectivity index (χ4n) is 3.26. The van der Waals surface area contributed by atoms with Crippen LogP contribution in [-0.4, -0.2) is 85.3 Å². The molecule has 0 saturated carbocycles. The number of rotatable bonds is 6. The van der Waals surface area contributed by atoms with Crippen molar-refractivity contribution >= 4 is 6.03 Å². The third kappa shape index (κ3) is 3.56. The molecule has 0 bridgehead atoms. The van der Waals surface area contributed by atoms with Crippen molar-refractivity contribution in [3.05, 3.63) is 23.9 Å². The molecule has 2 fully saturated rings. The Morgan fingerprint density at radius 2 is 2.13 bits per heavy atom. The van der Waals surface area contributed by atoms with Crippen LogP contribution in [0.2, 0.25) is 0 Å². The van der Waals surface area contributed by atoms with Crippen LogP contribution in [-0.2, 0) is 11.3 Å². The van der Waals surface area contributed by atoms with Crippen molar-refractivity contribution in [2.24, 2.45) is 0 Å². The van der Waals surface area contributed by atoms with Gasteiger partial charge in [-0.2, -0.15) is 0 Å². The van der Waals surface area contributed by atoms with Crippen LogP contribution in [0.25, 0.3) is 0 Å². The van der Waals surface area contributed by atoms with Gasteiger partial charge in [-0.1, -0.05) is 6.07 Å². The number of fused-ring (bicyclic) bond motifs is 1. The number of carbonyl (C=O) groups is 1. The van der Waals surface area contributed by atoms with Gasteiger partial charge in [0.1, 0.15) is 0 Å². The molecule has 1 unspecified atom stereocenters. The predicted molar refractivity (Wildman–Crippen MR) is 85.4 cm³/mol. The second-order valence-corrected chi connectivity index (χ2v) is 6.01. The second kappa shape index (κ2) is 7.14. The molecule has 1 atom stereocenters. The Morgan fingerprint density at radius 1 is 1.26 bits per heavy atom. The summed E-state index contributed by atoms with van der Waals surface area (Å²) >= 11 is 0. The molecule has 126 valence electrons. The van der Waals surface area contributed by atoms with Crippen LogP contribution in [0, 0.1) is 0 Å². The van der Waals surface area contributed by atoms with Gasteiger partial charge in [-0.15, -0.1) is 0 Å². The van der Waals surface area contributed by atoms with E-state index in [1.54, 1.807) is 14.2 Å². The molecule has 2 saturated heterocycles. The van der Waals surface area contributed by atoms with Crippen molar-refractivity contribution < 1.29 is 14.3 Å². The van der Waals surface area contributed by atoms with E-state index in [0.29, 0.717) is 19.0 Å². The van der Waals surface area contributed by atoms with Gasteiger partial charge in [-0.25, -0.2) is 9.78 Å². The highest BCUT2D eigenvalue weighted by molar-refractivity contribution is 5.77. The monoisotopic (exact) mass is 320 g/mol. The highest BCUT2D eigenvalue weighted by Crippen LogP contribution is 2.21. The zero-order valence-electron chi connectivity index (χ0n) is 13.8. The van der Waals surface area contributed by atoms with Crippen LogP contribution >= 0.6 is 0 Å². The molecule has 7 nitrogen and oxygen atoms in total. The Hall–Kier alpha value is -1.86. The molecule has 2 amide bonds. The largest absolute Gasteiger partial charge is 0.481 e. The molecule has 0 aromatic carbocycles. The number of methoxy groups -OCH3 is 2. The molecular formula is C16H24N4O3. The van der Waals surface area contributed by atoms with E-state index in [2.05, 4.69) is 9.88 Å². The van der Waals surface area contributed by atoms with E-state index in [9.17, 15) is 4.79 Å². The Morgan fingerprint density at radius 3 is 2.83 bits per heavy atom. The van der Waals surface area contributed by atoms with Crippen molar-refractivity contribution in [2.45, 2.75) is 12.6 Å². The Bertz CT molecular complexity index is 537. The van der Waals surface area contributed by atoms with Crippen molar-refractivity contribution in [1.29, 1.82) is 0 Å². The number of pyridine rings is 1. The maximum absolute atomic E-state index is 12.3. The minimum Gasteiger partial charge on any atom is -0.481 e. The summed E-state index contributed by atoms with van der Waals surface area (Å²) < 4.78 is 10.2. The standard InChI is InChI=1S/C16H24N4O3/c1-22-8-7-19-12-14-11-18(5-6-20(14)16(19)21)10-13-3-4-15(23-2)17-9-13/h3-4,9,14H,5-8,10-12H2,1-2H3. The molecule has 7 heteroatoms. The number of carbonyl (C=O) groups excluding carboxylic acids is 1. The van der Waals surface area contributed by atoms with Gasteiger partial charge in [0.2, 0.25) is 5.88 Å². The van der Waals surface area contributed by atoms with Crippen LogP contribution in [0.1, 0.15) is 5.56 Å². The maximum atomic E-state index is 12.3. The predicted octanol–water partition coefficient (Wildman–Crippen LogP) is 0.658. The summed E-state index contributed by atoms with van der Waals surface area (Å²) in [5.41, 5.74) is 1.17. The number of nitrogens with zero attached hydrogens (tertiary/aromatic N) is 4. The molecule has 1 aromatic rings. The number of amides is 2. The van der Waals surface area contributed by atoms with E-state index >= 15 is 0 Å². The third-order valence-electron chi connectivity index (χ3n) is 4.49. The number of hydrogen-bond donors (Lipinski definition) is 0. The summed E-state index contributed by atoms with van der Waals surface area (Å²) in [4.78, 5) is 22.9. The first-order chi connectivity index (χ1) is 11.2. The lowest BCUT2D eigenvalue weighted by atomic mass is 10.1. The van der Waals surface area contributed by atoms with Crippen molar-refractivity contribution in [2.75, 3.05) is 53.6 Å². The Kier molecular flexibility index (Phi) is 4.97. The van der Waals surface area contributed by atoms with Gasteiger partial charge in [-0.3, -0.25) is 4.90 Å². The fraction of sp³-hybridized carbons (Fsp3) is 0.625. The number of ether oxygens (including phenoxy) is 2. The maximum Gasteiger partial charge on any atom is 0.320 e. The number of hydrogen-bond acceptors (Lipinski definition) is 5. The second-order valence-electron chi connectivity index (χ2n) is 6.01. The van der Waals surface area contributed by atoms with E-state index < -0.39 is 0 Å². The molecule has 3 rings (SSSR count). The van der Waals surface area contributed by atoms with Gasteiger partial charge in [0.25, 0.3) is 0 Å². The zero-order chi connectivity index (χ0) is 16.2. The lowest BCUT2D eigenvalue weighted by Gasteiger charge is -2.36. The van der Waals surface area contributed by atoms with Crippen LogP contribution in [0.5, 0.6) is 5.88 Å². The van der Waals surface area contributed by atoms with Gasteiger partial charge in [-0.05, 0) is 5.56 Å². The van der Waals surface area contributed by atoms with Crippen LogP contribution in [0.15, 0.2) is 18.3 Å². The molecule has 2 aliphatic heterocycles. The summed E-state index contributed by atoms with van der Waals surface area (Å²) in [7, 11) is 3.28. The van der Waals surface area contributed by atoms with Crippen molar-refractivity contribution in [1.82, 2.24) is 19.7 Å². The molecular weight excluding hydrogens is 296 g/mol. The number of urea groups is 1. The van der Waals surface area contributed by atoms with E-state index in [1.165, 1.54) is 5.56 Å². The van der Waals surface area contributed by atoms with Gasteiger partial charge >= 0.3 is 6.03 Å². The summed E-state index contributed by atoms with van der Waals surface area (Å²) in [5.74, 6) is 0.633. The molecule has 3 heterocycles. The highest BCUT2D eigenvalue weighted by atomic mass is 16.5. The number of piperazine rings is 1. The Balaban J connectivity index is 1.56. The third-order valence-corrected chi connectivity index (χ3v) is 4.49. The van der Waals surface area contributed by atoms with Crippen molar-refractivity contribution in [3.8, 4) is 5.88 Å². The average molecular weight is 320 g/mol. The summed E-state index contributed by atoms with van der Waals surface area (Å²) in [6.07, 6.45) is 1.86. The van der Waals surface area contributed by atoms with Gasteiger partial charge in [0.15, 0.2) is 0 Å². The minimum absolute atomic E-state index is 0.151. The van der Waals surface area contributed by atoms with E-state index in [-0.39, 0.29) is 12.1 Å². The SMILES string of the molecule is COCCN1CC2CN(Cc3ccc(OC)nc3)CCN2C1=O. The van der Waals surface area contributed by atoms with Crippen LogP contribution in [0.3, 0.4) is 0 Å². The highest BCUT2D eigenvalue weighted by Gasteiger charge is 2.40. The van der Waals surface area contributed by atoms with Gasteiger partial charge < -0.3 is 19.3 Å². The van der Waals surface area contributed by atoms with Crippen LogP contribution < -0.4 is 4.74 Å². The average Bonchev–Trinajstić information content (AvgIpc) is 2.89. The van der Waals surface area contributed by atoms with E-state index in [1.807, 2.05) is 28.1 Å². The topological polar surface area (TPSA) is 58.1 Å². The van der Waals surface area contributed by atoms with E-state index in [0.717, 1.165) is 32.7 Å². The molecule has 0 spiro atoms. The van der Waals surface area contributed by atoms with Crippen molar-refractivity contribution in [3.63, 3.8) is 0 Å². The number of aromatic nitrogens is 1. The first kappa shape index (κ1) is 16.0. The fourth-order valence-corrected chi connectivity index (χ4v) is 3.26. The lowest BCUT2D eigenvalue weighted by Crippen LogP contribution is -2.51. The first-order valence-electron chi connectivity index (χ1n) is 7.97. The molecule has 1 aromatic heterocycles. The summed E-state index contributed by atoms with van der Waals surface area (Å²) in [5, 5.41) is 0. The molecule has 0 N–H and O–H groups in total. The zero-order valence-corrected chi connectivity index (χ0v) is 13.8. The summed E-state index contributed by atoms with van der Waals surface area (Å²) in [6, 6.07) is 4.36. The molecule has 0 aliphatic carbocycles. The van der Waals surface area contributed by atoms with Gasteiger partial charge in [0, 0.05) is 58.6 Å². The quantitative estimate of drug-likeness (QED) is 0.771. The van der Waals surface area contributed by atoms with Gasteiger partial charge in [0.05, 0.1) is 19.8 Å². The lowest BCUT2D eigenvalue weighted by molar-refractivity contribution is 0.116. The molecule has 2 aliphatic rings.